The normalized spacial score (nSPS) is 11.2. The highest BCUT2D eigenvalue weighted by Gasteiger charge is 2.15. The van der Waals surface area contributed by atoms with Crippen molar-refractivity contribution in [3.8, 4) is 11.5 Å². The first-order valence-corrected chi connectivity index (χ1v) is 8.00. The van der Waals surface area contributed by atoms with Gasteiger partial charge in [0.1, 0.15) is 5.65 Å². The van der Waals surface area contributed by atoms with E-state index in [1.54, 1.807) is 25.1 Å². The molecule has 0 unspecified atom stereocenters. The lowest BCUT2D eigenvalue weighted by Gasteiger charge is -2.15. The second kappa shape index (κ2) is 7.94. The second-order valence-electron chi connectivity index (χ2n) is 5.36. The van der Waals surface area contributed by atoms with Crippen LogP contribution in [-0.2, 0) is 13.1 Å². The summed E-state index contributed by atoms with van der Waals surface area (Å²) in [5.74, 6) is 0.386. The molecule has 2 aromatic heterocycles. The van der Waals surface area contributed by atoms with Crippen LogP contribution in [0.5, 0.6) is 11.5 Å². The van der Waals surface area contributed by atoms with Crippen LogP contribution in [0.2, 0.25) is 0 Å². The Kier molecular flexibility index (Phi) is 5.45. The van der Waals surface area contributed by atoms with Gasteiger partial charge in [-0.05, 0) is 25.1 Å². The number of pyridine rings is 1. The van der Waals surface area contributed by atoms with Crippen LogP contribution in [0.1, 0.15) is 18.2 Å². The van der Waals surface area contributed by atoms with Crippen molar-refractivity contribution in [3.05, 3.63) is 60.0 Å². The lowest BCUT2D eigenvalue weighted by molar-refractivity contribution is -0.0521. The van der Waals surface area contributed by atoms with Crippen molar-refractivity contribution in [1.82, 2.24) is 14.7 Å². The monoisotopic (exact) mass is 347 g/mol. The lowest BCUT2D eigenvalue weighted by Crippen LogP contribution is -2.15. The fraction of sp³-hybridized carbons (Fsp3) is 0.278. The Labute approximate surface area is 144 Å². The van der Waals surface area contributed by atoms with Gasteiger partial charge in [-0.2, -0.15) is 8.78 Å². The van der Waals surface area contributed by atoms with E-state index in [2.05, 4.69) is 15.0 Å². The Balaban J connectivity index is 1.70. The maximum absolute atomic E-state index is 12.7. The lowest BCUT2D eigenvalue weighted by atomic mass is 10.2. The molecule has 132 valence electrons. The van der Waals surface area contributed by atoms with Gasteiger partial charge in [-0.15, -0.1) is 0 Å². The van der Waals surface area contributed by atoms with Gasteiger partial charge in [0.25, 0.3) is 0 Å². The van der Waals surface area contributed by atoms with Crippen molar-refractivity contribution in [2.24, 2.45) is 0 Å². The molecule has 0 bridgehead atoms. The predicted octanol–water partition coefficient (Wildman–Crippen LogP) is 3.62. The molecule has 3 aromatic rings. The number of aromatic nitrogens is 2. The summed E-state index contributed by atoms with van der Waals surface area (Å²) in [5, 5.41) is 3.21. The van der Waals surface area contributed by atoms with Gasteiger partial charge < -0.3 is 19.2 Å². The summed E-state index contributed by atoms with van der Waals surface area (Å²) in [4.78, 5) is 4.49. The van der Waals surface area contributed by atoms with Crippen LogP contribution in [0.3, 0.4) is 0 Å². The second-order valence-corrected chi connectivity index (χ2v) is 5.36. The molecule has 2 heterocycles. The number of rotatable bonds is 8. The zero-order valence-corrected chi connectivity index (χ0v) is 13.8. The van der Waals surface area contributed by atoms with E-state index in [0.29, 0.717) is 31.0 Å². The Morgan fingerprint density at radius 3 is 2.80 bits per heavy atom. The third kappa shape index (κ3) is 4.24. The van der Waals surface area contributed by atoms with E-state index in [1.165, 1.54) is 0 Å². The molecule has 0 radical (unpaired) electrons. The van der Waals surface area contributed by atoms with Gasteiger partial charge >= 0.3 is 6.61 Å². The molecule has 0 aliphatic heterocycles. The highest BCUT2D eigenvalue weighted by atomic mass is 19.3. The maximum Gasteiger partial charge on any atom is 0.387 e. The van der Waals surface area contributed by atoms with Crippen molar-refractivity contribution in [1.29, 1.82) is 0 Å². The summed E-state index contributed by atoms with van der Waals surface area (Å²) in [6.07, 6.45) is 3.85. The largest absolute Gasteiger partial charge is 0.490 e. The molecule has 25 heavy (non-hydrogen) atoms. The Morgan fingerprint density at radius 1 is 1.16 bits per heavy atom. The van der Waals surface area contributed by atoms with Crippen molar-refractivity contribution in [3.63, 3.8) is 0 Å². The van der Waals surface area contributed by atoms with Crippen molar-refractivity contribution >= 4 is 5.65 Å². The summed E-state index contributed by atoms with van der Waals surface area (Å²) in [7, 11) is 0. The van der Waals surface area contributed by atoms with Gasteiger partial charge in [-0.25, -0.2) is 4.98 Å². The van der Waals surface area contributed by atoms with E-state index in [0.717, 1.165) is 11.3 Å². The fourth-order valence-corrected chi connectivity index (χ4v) is 2.59. The molecule has 1 aromatic carbocycles. The number of hydrogen-bond acceptors (Lipinski definition) is 4. The van der Waals surface area contributed by atoms with Crippen molar-refractivity contribution < 1.29 is 18.3 Å². The number of fused-ring (bicyclic) bond motifs is 1. The Hall–Kier alpha value is -2.67. The first-order chi connectivity index (χ1) is 12.2. The van der Waals surface area contributed by atoms with E-state index < -0.39 is 6.61 Å². The molecular formula is C18H19F2N3O2. The molecule has 0 atom stereocenters. The van der Waals surface area contributed by atoms with Gasteiger partial charge in [-0.1, -0.05) is 18.2 Å². The smallest absolute Gasteiger partial charge is 0.387 e. The average Bonchev–Trinajstić information content (AvgIpc) is 3.00. The minimum absolute atomic E-state index is 0.0712. The Bertz CT molecular complexity index is 803. The van der Waals surface area contributed by atoms with E-state index in [4.69, 9.17) is 4.74 Å². The van der Waals surface area contributed by atoms with E-state index in [-0.39, 0.29) is 5.75 Å². The number of imidazole rings is 1. The number of benzene rings is 1. The van der Waals surface area contributed by atoms with E-state index in [1.807, 2.05) is 35.0 Å². The molecule has 0 spiro atoms. The molecule has 0 saturated heterocycles. The molecule has 1 N–H and O–H groups in total. The van der Waals surface area contributed by atoms with E-state index in [9.17, 15) is 8.78 Å². The molecule has 0 aliphatic carbocycles. The van der Waals surface area contributed by atoms with Crippen molar-refractivity contribution in [2.45, 2.75) is 26.6 Å². The topological polar surface area (TPSA) is 47.8 Å². The number of halogens is 2. The molecule has 0 amide bonds. The molecular weight excluding hydrogens is 328 g/mol. The zero-order valence-electron chi connectivity index (χ0n) is 13.8. The number of ether oxygens (including phenoxy) is 2. The maximum atomic E-state index is 12.7. The first-order valence-electron chi connectivity index (χ1n) is 8.00. The van der Waals surface area contributed by atoms with Gasteiger partial charge in [-0.3, -0.25) is 0 Å². The van der Waals surface area contributed by atoms with Crippen LogP contribution in [0.4, 0.5) is 8.78 Å². The van der Waals surface area contributed by atoms with Crippen LogP contribution in [-0.4, -0.2) is 22.6 Å². The zero-order chi connectivity index (χ0) is 17.6. The Morgan fingerprint density at radius 2 is 2.04 bits per heavy atom. The molecule has 0 aliphatic rings. The molecule has 0 fully saturated rings. The minimum Gasteiger partial charge on any atom is -0.490 e. The third-order valence-electron chi connectivity index (χ3n) is 3.60. The molecule has 5 nitrogen and oxygen atoms in total. The average molecular weight is 347 g/mol. The van der Waals surface area contributed by atoms with E-state index >= 15 is 0 Å². The van der Waals surface area contributed by atoms with Gasteiger partial charge in [0.05, 0.1) is 12.3 Å². The minimum atomic E-state index is -2.90. The quantitative estimate of drug-likeness (QED) is 0.676. The molecule has 3 rings (SSSR count). The van der Waals surface area contributed by atoms with Crippen LogP contribution in [0.25, 0.3) is 5.65 Å². The van der Waals surface area contributed by atoms with Gasteiger partial charge in [0.15, 0.2) is 11.5 Å². The summed E-state index contributed by atoms with van der Waals surface area (Å²) in [5.41, 5.74) is 2.33. The van der Waals surface area contributed by atoms with Crippen molar-refractivity contribution in [2.75, 3.05) is 6.61 Å². The summed E-state index contributed by atoms with van der Waals surface area (Å²) in [6, 6.07) is 10.9. The first kappa shape index (κ1) is 17.2. The summed E-state index contributed by atoms with van der Waals surface area (Å²) >= 11 is 0. The fourth-order valence-electron chi connectivity index (χ4n) is 2.59. The standard InChI is InChI=1S/C18H19F2N3O2/c1-2-24-15-7-5-6-13(17(15)25-18(19)20)10-21-11-14-12-23-9-4-3-8-16(23)22-14/h3-9,12,18,21H,2,10-11H2,1H3. The highest BCUT2D eigenvalue weighted by Crippen LogP contribution is 2.32. The van der Waals surface area contributed by atoms with Gasteiger partial charge in [0, 0.05) is 31.0 Å². The summed E-state index contributed by atoms with van der Waals surface area (Å²) in [6.45, 7) is 0.128. The van der Waals surface area contributed by atoms with Crippen LogP contribution in [0, 0.1) is 0 Å². The third-order valence-corrected chi connectivity index (χ3v) is 3.60. The number of nitrogens with zero attached hydrogens (tertiary/aromatic N) is 2. The number of nitrogens with one attached hydrogen (secondary N) is 1. The number of hydrogen-bond donors (Lipinski definition) is 1. The predicted molar refractivity (Wildman–Crippen MR) is 90.0 cm³/mol. The van der Waals surface area contributed by atoms with Crippen LogP contribution in [0.15, 0.2) is 48.8 Å². The SMILES string of the molecule is CCOc1cccc(CNCc2cn3ccccc3n2)c1OC(F)F. The van der Waals surface area contributed by atoms with Crippen LogP contribution >= 0.6 is 0 Å². The van der Waals surface area contributed by atoms with Gasteiger partial charge in [0.2, 0.25) is 0 Å². The molecule has 0 saturated carbocycles. The highest BCUT2D eigenvalue weighted by molar-refractivity contribution is 5.46. The van der Waals surface area contributed by atoms with Crippen LogP contribution < -0.4 is 14.8 Å². The number of para-hydroxylation sites is 1. The molecule has 7 heteroatoms. The number of alkyl halides is 2. The summed E-state index contributed by atoms with van der Waals surface area (Å²) < 4.78 is 37.4.